The number of fused-ring (bicyclic) bond motifs is 1. The van der Waals surface area contributed by atoms with Gasteiger partial charge in [-0.05, 0) is 49.4 Å². The van der Waals surface area contributed by atoms with Crippen molar-refractivity contribution in [3.63, 3.8) is 0 Å². The van der Waals surface area contributed by atoms with Gasteiger partial charge in [-0.2, -0.15) is 0 Å². The topological polar surface area (TPSA) is 101 Å². The molecule has 1 aliphatic rings. The summed E-state index contributed by atoms with van der Waals surface area (Å²) in [5.74, 6) is 1.48. The molecule has 0 spiro atoms. The van der Waals surface area contributed by atoms with Gasteiger partial charge in [0.25, 0.3) is 0 Å². The number of amides is 2. The summed E-state index contributed by atoms with van der Waals surface area (Å²) in [5.41, 5.74) is 2.27. The van der Waals surface area contributed by atoms with Crippen LogP contribution in [0.4, 0.5) is 23.0 Å². The van der Waals surface area contributed by atoms with Crippen molar-refractivity contribution in [1.29, 1.82) is 0 Å². The molecule has 2 aromatic carbocycles. The minimum absolute atomic E-state index is 0.159. The Hall–Kier alpha value is -3.53. The second-order valence-electron chi connectivity index (χ2n) is 7.11. The van der Waals surface area contributed by atoms with Gasteiger partial charge in [0.15, 0.2) is 5.16 Å². The number of thioether (sulfide) groups is 1. The third-order valence-corrected chi connectivity index (χ3v) is 5.71. The molecule has 2 amide bonds. The maximum absolute atomic E-state index is 12.4. The highest BCUT2D eigenvalue weighted by Crippen LogP contribution is 2.33. The second kappa shape index (κ2) is 9.73. The predicted octanol–water partition coefficient (Wildman–Crippen LogP) is 3.52. The molecule has 1 aromatic heterocycles. The van der Waals surface area contributed by atoms with Crippen LogP contribution >= 0.6 is 11.8 Å². The van der Waals surface area contributed by atoms with Crippen molar-refractivity contribution in [3.8, 4) is 5.75 Å². The van der Waals surface area contributed by atoms with Crippen LogP contribution in [0.1, 0.15) is 13.8 Å². The Morgan fingerprint density at radius 1 is 1.06 bits per heavy atom. The number of hydrogen-bond acceptors (Lipinski definition) is 7. The molecular formula is C22H24N6O3S. The Bertz CT molecular complexity index is 1120. The first kappa shape index (κ1) is 21.7. The number of ether oxygens (including phenoxy) is 1. The van der Waals surface area contributed by atoms with Crippen LogP contribution in [-0.4, -0.2) is 45.5 Å². The van der Waals surface area contributed by atoms with Crippen LogP contribution in [0.3, 0.4) is 0 Å². The molecule has 0 saturated heterocycles. The van der Waals surface area contributed by atoms with Gasteiger partial charge in [0, 0.05) is 37.1 Å². The van der Waals surface area contributed by atoms with Crippen molar-refractivity contribution in [2.45, 2.75) is 25.5 Å². The van der Waals surface area contributed by atoms with Crippen molar-refractivity contribution in [3.05, 3.63) is 48.5 Å². The van der Waals surface area contributed by atoms with Crippen LogP contribution in [0.5, 0.6) is 5.75 Å². The van der Waals surface area contributed by atoms with Crippen molar-refractivity contribution in [2.24, 2.45) is 0 Å². The largest absolute Gasteiger partial charge is 0.494 e. The summed E-state index contributed by atoms with van der Waals surface area (Å²) in [7, 11) is 0. The Labute approximate surface area is 190 Å². The number of hydrogen-bond donors (Lipinski definition) is 2. The molecule has 166 valence electrons. The molecule has 32 heavy (non-hydrogen) atoms. The van der Waals surface area contributed by atoms with E-state index in [2.05, 4.69) is 25.7 Å². The summed E-state index contributed by atoms with van der Waals surface area (Å²) in [6.45, 7) is 5.56. The Morgan fingerprint density at radius 2 is 1.81 bits per heavy atom. The normalized spacial score (nSPS) is 12.4. The van der Waals surface area contributed by atoms with Crippen LogP contribution in [0.25, 0.3) is 0 Å². The van der Waals surface area contributed by atoms with Crippen molar-refractivity contribution in [2.75, 3.05) is 34.4 Å². The molecule has 3 aromatic rings. The summed E-state index contributed by atoms with van der Waals surface area (Å²) >= 11 is 1.34. The van der Waals surface area contributed by atoms with Gasteiger partial charge in [-0.3, -0.25) is 14.2 Å². The smallest absolute Gasteiger partial charge is 0.234 e. The van der Waals surface area contributed by atoms with E-state index >= 15 is 0 Å². The highest BCUT2D eigenvalue weighted by atomic mass is 32.2. The lowest BCUT2D eigenvalue weighted by Crippen LogP contribution is -2.15. The number of anilines is 4. The molecule has 0 bridgehead atoms. The molecule has 0 aliphatic carbocycles. The number of aromatic nitrogens is 3. The van der Waals surface area contributed by atoms with Gasteiger partial charge in [0.2, 0.25) is 17.8 Å². The molecule has 10 heteroatoms. The van der Waals surface area contributed by atoms with E-state index in [1.165, 1.54) is 18.7 Å². The average Bonchev–Trinajstić information content (AvgIpc) is 3.35. The molecule has 2 heterocycles. The number of carbonyl (C=O) groups is 2. The SMILES string of the molecule is CCOc1ccc(N2CCn3c(SCC(=O)Nc4cccc(NC(C)=O)c4)nnc32)cc1. The van der Waals surface area contributed by atoms with Gasteiger partial charge in [-0.15, -0.1) is 10.2 Å². The summed E-state index contributed by atoms with van der Waals surface area (Å²) in [6, 6.07) is 14.9. The Balaban J connectivity index is 1.36. The minimum atomic E-state index is -0.163. The first-order valence-corrected chi connectivity index (χ1v) is 11.3. The second-order valence-corrected chi connectivity index (χ2v) is 8.05. The Morgan fingerprint density at radius 3 is 2.53 bits per heavy atom. The molecule has 0 fully saturated rings. The lowest BCUT2D eigenvalue weighted by atomic mass is 10.2. The highest BCUT2D eigenvalue weighted by molar-refractivity contribution is 7.99. The Kier molecular flexibility index (Phi) is 6.60. The number of nitrogens with zero attached hydrogens (tertiary/aromatic N) is 4. The van der Waals surface area contributed by atoms with Crippen molar-refractivity contribution >= 4 is 46.6 Å². The molecule has 4 rings (SSSR count). The maximum atomic E-state index is 12.4. The summed E-state index contributed by atoms with van der Waals surface area (Å²) in [4.78, 5) is 25.7. The van der Waals surface area contributed by atoms with Gasteiger partial charge in [0.1, 0.15) is 5.75 Å². The molecule has 9 nitrogen and oxygen atoms in total. The van der Waals surface area contributed by atoms with Gasteiger partial charge in [0.05, 0.1) is 12.4 Å². The zero-order chi connectivity index (χ0) is 22.5. The zero-order valence-electron chi connectivity index (χ0n) is 17.9. The quantitative estimate of drug-likeness (QED) is 0.504. The summed E-state index contributed by atoms with van der Waals surface area (Å²) < 4.78 is 7.53. The molecule has 0 radical (unpaired) electrons. The molecular weight excluding hydrogens is 428 g/mol. The predicted molar refractivity (Wildman–Crippen MR) is 125 cm³/mol. The first-order valence-electron chi connectivity index (χ1n) is 10.3. The number of rotatable bonds is 8. The molecule has 0 unspecified atom stereocenters. The van der Waals surface area contributed by atoms with E-state index in [0.29, 0.717) is 23.1 Å². The molecule has 0 atom stereocenters. The van der Waals surface area contributed by atoms with E-state index in [0.717, 1.165) is 30.5 Å². The van der Waals surface area contributed by atoms with Gasteiger partial charge >= 0.3 is 0 Å². The van der Waals surface area contributed by atoms with E-state index < -0.39 is 0 Å². The van der Waals surface area contributed by atoms with Crippen LogP contribution < -0.4 is 20.3 Å². The first-order chi connectivity index (χ1) is 15.5. The minimum Gasteiger partial charge on any atom is -0.494 e. The van der Waals surface area contributed by atoms with Crippen molar-refractivity contribution in [1.82, 2.24) is 14.8 Å². The average molecular weight is 453 g/mol. The lowest BCUT2D eigenvalue weighted by molar-refractivity contribution is -0.114. The zero-order valence-corrected chi connectivity index (χ0v) is 18.7. The van der Waals surface area contributed by atoms with Crippen molar-refractivity contribution < 1.29 is 14.3 Å². The number of benzene rings is 2. The fraction of sp³-hybridized carbons (Fsp3) is 0.273. The molecule has 2 N–H and O–H groups in total. The molecule has 0 saturated carbocycles. The third-order valence-electron chi connectivity index (χ3n) is 4.74. The van der Waals surface area contributed by atoms with E-state index in [-0.39, 0.29) is 17.6 Å². The summed E-state index contributed by atoms with van der Waals surface area (Å²) in [6.07, 6.45) is 0. The summed E-state index contributed by atoms with van der Waals surface area (Å²) in [5, 5.41) is 14.8. The number of nitrogens with one attached hydrogen (secondary N) is 2. The van der Waals surface area contributed by atoms with E-state index in [4.69, 9.17) is 4.74 Å². The maximum Gasteiger partial charge on any atom is 0.234 e. The van der Waals surface area contributed by atoms with E-state index in [1.807, 2.05) is 35.8 Å². The van der Waals surface area contributed by atoms with Crippen LogP contribution in [0.2, 0.25) is 0 Å². The van der Waals surface area contributed by atoms with Gasteiger partial charge in [-0.1, -0.05) is 17.8 Å². The number of carbonyl (C=O) groups excluding carboxylic acids is 2. The highest BCUT2D eigenvalue weighted by Gasteiger charge is 2.26. The van der Waals surface area contributed by atoms with Crippen LogP contribution in [-0.2, 0) is 16.1 Å². The van der Waals surface area contributed by atoms with E-state index in [1.54, 1.807) is 24.3 Å². The monoisotopic (exact) mass is 452 g/mol. The third kappa shape index (κ3) is 5.02. The standard InChI is InChI=1S/C22H24N6O3S/c1-3-31-19-9-7-18(8-10-19)27-11-12-28-21(27)25-26-22(28)32-14-20(30)24-17-6-4-5-16(13-17)23-15(2)29/h4-10,13H,3,11-12,14H2,1-2H3,(H,23,29)(H,24,30). The van der Waals surface area contributed by atoms with E-state index in [9.17, 15) is 9.59 Å². The van der Waals surface area contributed by atoms with Crippen LogP contribution in [0.15, 0.2) is 53.7 Å². The van der Waals surface area contributed by atoms with Gasteiger partial charge in [-0.25, -0.2) is 0 Å². The van der Waals surface area contributed by atoms with Crippen LogP contribution in [0, 0.1) is 0 Å². The fourth-order valence-corrected chi connectivity index (χ4v) is 4.18. The van der Waals surface area contributed by atoms with Gasteiger partial charge < -0.3 is 20.3 Å². The fourth-order valence-electron chi connectivity index (χ4n) is 3.42. The lowest BCUT2D eigenvalue weighted by Gasteiger charge is -2.15. The molecule has 1 aliphatic heterocycles.